The monoisotopic (exact) mass is 316 g/mol. The summed E-state index contributed by atoms with van der Waals surface area (Å²) in [5, 5.41) is 0. The van der Waals surface area contributed by atoms with Crippen LogP contribution in [0.4, 0.5) is 0 Å². The fourth-order valence-electron chi connectivity index (χ4n) is 3.27. The summed E-state index contributed by atoms with van der Waals surface area (Å²) in [5.74, 6) is -0.775. The Morgan fingerprint density at radius 2 is 1.78 bits per heavy atom. The maximum absolute atomic E-state index is 12.5. The van der Waals surface area contributed by atoms with E-state index in [2.05, 4.69) is 0 Å². The van der Waals surface area contributed by atoms with Gasteiger partial charge in [0, 0.05) is 13.0 Å². The SMILES string of the molecule is CC1OCC(C)(C)N1C(=O)CCN1C(=O)c2ccccc2C1=O. The van der Waals surface area contributed by atoms with E-state index >= 15 is 0 Å². The number of carbonyl (C=O) groups excluding carboxylic acids is 3. The standard InChI is InChI=1S/C17H20N2O4/c1-11-19(17(2,3)10-23-11)14(20)8-9-18-15(21)12-6-4-5-7-13(12)16(18)22/h4-7,11H,8-10H2,1-3H3. The van der Waals surface area contributed by atoms with E-state index in [-0.39, 0.29) is 42.5 Å². The second kappa shape index (κ2) is 5.45. The maximum Gasteiger partial charge on any atom is 0.261 e. The lowest BCUT2D eigenvalue weighted by atomic mass is 10.1. The minimum absolute atomic E-state index is 0.0878. The average Bonchev–Trinajstić information content (AvgIpc) is 2.92. The van der Waals surface area contributed by atoms with Gasteiger partial charge in [-0.3, -0.25) is 19.3 Å². The van der Waals surface area contributed by atoms with Gasteiger partial charge in [0.2, 0.25) is 5.91 Å². The number of amides is 3. The van der Waals surface area contributed by atoms with Crippen LogP contribution < -0.4 is 0 Å². The van der Waals surface area contributed by atoms with Gasteiger partial charge in [-0.05, 0) is 32.9 Å². The number of imide groups is 1. The molecule has 1 aromatic carbocycles. The van der Waals surface area contributed by atoms with Crippen molar-refractivity contribution in [2.45, 2.75) is 39.0 Å². The Morgan fingerprint density at radius 1 is 1.22 bits per heavy atom. The van der Waals surface area contributed by atoms with Gasteiger partial charge in [0.05, 0.1) is 23.3 Å². The molecule has 6 heteroatoms. The molecule has 3 amide bonds. The van der Waals surface area contributed by atoms with Crippen LogP contribution >= 0.6 is 0 Å². The highest BCUT2D eigenvalue weighted by Gasteiger charge is 2.42. The van der Waals surface area contributed by atoms with Crippen LogP contribution in [0, 0.1) is 0 Å². The highest BCUT2D eigenvalue weighted by Crippen LogP contribution is 2.28. The number of carbonyl (C=O) groups is 3. The molecule has 6 nitrogen and oxygen atoms in total. The number of hydrogen-bond acceptors (Lipinski definition) is 4. The molecule has 1 saturated heterocycles. The average molecular weight is 316 g/mol. The molecular formula is C17H20N2O4. The number of fused-ring (bicyclic) bond motifs is 1. The van der Waals surface area contributed by atoms with Crippen molar-refractivity contribution in [2.24, 2.45) is 0 Å². The van der Waals surface area contributed by atoms with E-state index < -0.39 is 0 Å². The summed E-state index contributed by atoms with van der Waals surface area (Å²) in [7, 11) is 0. The van der Waals surface area contributed by atoms with Gasteiger partial charge < -0.3 is 9.64 Å². The van der Waals surface area contributed by atoms with E-state index in [0.717, 1.165) is 4.90 Å². The zero-order valence-electron chi connectivity index (χ0n) is 13.5. The van der Waals surface area contributed by atoms with Crippen LogP contribution in [-0.4, -0.2) is 52.4 Å². The fourth-order valence-corrected chi connectivity index (χ4v) is 3.27. The van der Waals surface area contributed by atoms with Gasteiger partial charge in [-0.1, -0.05) is 12.1 Å². The van der Waals surface area contributed by atoms with Crippen molar-refractivity contribution < 1.29 is 19.1 Å². The van der Waals surface area contributed by atoms with Gasteiger partial charge in [-0.2, -0.15) is 0 Å². The largest absolute Gasteiger partial charge is 0.356 e. The van der Waals surface area contributed by atoms with E-state index in [1.807, 2.05) is 20.8 Å². The van der Waals surface area contributed by atoms with Crippen molar-refractivity contribution in [3.63, 3.8) is 0 Å². The third-order valence-electron chi connectivity index (χ3n) is 4.39. The number of nitrogens with zero attached hydrogens (tertiary/aromatic N) is 2. The van der Waals surface area contributed by atoms with Gasteiger partial charge in [-0.25, -0.2) is 0 Å². The molecule has 0 saturated carbocycles. The Kier molecular flexibility index (Phi) is 3.72. The lowest BCUT2D eigenvalue weighted by Gasteiger charge is -2.32. The van der Waals surface area contributed by atoms with Crippen molar-refractivity contribution in [2.75, 3.05) is 13.2 Å². The molecule has 2 heterocycles. The summed E-state index contributed by atoms with van der Waals surface area (Å²) >= 11 is 0. The molecular weight excluding hydrogens is 296 g/mol. The zero-order valence-corrected chi connectivity index (χ0v) is 13.5. The molecule has 122 valence electrons. The number of rotatable bonds is 3. The molecule has 0 spiro atoms. The Bertz CT molecular complexity index is 648. The summed E-state index contributed by atoms with van der Waals surface area (Å²) in [6.45, 7) is 6.28. The first kappa shape index (κ1) is 15.7. The first-order valence-electron chi connectivity index (χ1n) is 7.72. The molecule has 0 aliphatic carbocycles. The van der Waals surface area contributed by atoms with Crippen LogP contribution in [0.5, 0.6) is 0 Å². The van der Waals surface area contributed by atoms with Crippen LogP contribution in [0.25, 0.3) is 0 Å². The van der Waals surface area contributed by atoms with E-state index in [1.165, 1.54) is 0 Å². The molecule has 0 radical (unpaired) electrons. The normalized spacial score (nSPS) is 22.7. The first-order valence-corrected chi connectivity index (χ1v) is 7.72. The predicted molar refractivity (Wildman–Crippen MR) is 82.8 cm³/mol. The molecule has 1 atom stereocenters. The number of hydrogen-bond donors (Lipinski definition) is 0. The Hall–Kier alpha value is -2.21. The minimum atomic E-state index is -0.376. The molecule has 0 aromatic heterocycles. The van der Waals surface area contributed by atoms with Crippen LogP contribution in [0.2, 0.25) is 0 Å². The molecule has 1 aromatic rings. The van der Waals surface area contributed by atoms with Gasteiger partial charge in [-0.15, -0.1) is 0 Å². The van der Waals surface area contributed by atoms with Gasteiger partial charge in [0.25, 0.3) is 11.8 Å². The van der Waals surface area contributed by atoms with Crippen molar-refractivity contribution in [3.8, 4) is 0 Å². The molecule has 1 fully saturated rings. The lowest BCUT2D eigenvalue weighted by molar-refractivity contribution is -0.139. The van der Waals surface area contributed by atoms with E-state index in [1.54, 1.807) is 29.2 Å². The summed E-state index contributed by atoms with van der Waals surface area (Å²) < 4.78 is 5.52. The summed E-state index contributed by atoms with van der Waals surface area (Å²) in [6.07, 6.45) is -0.192. The van der Waals surface area contributed by atoms with Gasteiger partial charge in [0.1, 0.15) is 6.23 Å². The van der Waals surface area contributed by atoms with Crippen molar-refractivity contribution in [1.29, 1.82) is 0 Å². The molecule has 0 bridgehead atoms. The zero-order chi connectivity index (χ0) is 16.8. The van der Waals surface area contributed by atoms with E-state index in [4.69, 9.17) is 4.74 Å². The van der Waals surface area contributed by atoms with E-state index in [0.29, 0.717) is 17.7 Å². The lowest BCUT2D eigenvalue weighted by Crippen LogP contribution is -2.48. The highest BCUT2D eigenvalue weighted by atomic mass is 16.5. The second-order valence-corrected chi connectivity index (χ2v) is 6.54. The van der Waals surface area contributed by atoms with Gasteiger partial charge in [0.15, 0.2) is 0 Å². The smallest absolute Gasteiger partial charge is 0.261 e. The minimum Gasteiger partial charge on any atom is -0.356 e. The maximum atomic E-state index is 12.5. The topological polar surface area (TPSA) is 66.9 Å². The Balaban J connectivity index is 1.69. The summed E-state index contributed by atoms with van der Waals surface area (Å²) in [5.41, 5.74) is 0.435. The highest BCUT2D eigenvalue weighted by molar-refractivity contribution is 6.21. The van der Waals surface area contributed by atoms with Gasteiger partial charge >= 0.3 is 0 Å². The van der Waals surface area contributed by atoms with Crippen LogP contribution in [-0.2, 0) is 9.53 Å². The molecule has 1 unspecified atom stereocenters. The number of benzene rings is 1. The number of ether oxygens (including phenoxy) is 1. The van der Waals surface area contributed by atoms with Crippen molar-refractivity contribution in [3.05, 3.63) is 35.4 Å². The van der Waals surface area contributed by atoms with Crippen LogP contribution in [0.15, 0.2) is 24.3 Å². The third-order valence-corrected chi connectivity index (χ3v) is 4.39. The molecule has 2 aliphatic heterocycles. The Morgan fingerprint density at radius 3 is 2.26 bits per heavy atom. The Labute approximate surface area is 135 Å². The summed E-state index contributed by atoms with van der Waals surface area (Å²) in [6, 6.07) is 6.72. The third kappa shape index (κ3) is 2.53. The van der Waals surface area contributed by atoms with E-state index in [9.17, 15) is 14.4 Å². The predicted octanol–water partition coefficient (Wildman–Crippen LogP) is 1.66. The molecule has 0 N–H and O–H groups in total. The quantitative estimate of drug-likeness (QED) is 0.795. The van der Waals surface area contributed by atoms with Crippen LogP contribution in [0.1, 0.15) is 47.9 Å². The van der Waals surface area contributed by atoms with Crippen molar-refractivity contribution in [1.82, 2.24) is 9.80 Å². The first-order chi connectivity index (χ1) is 10.8. The fraction of sp³-hybridized carbons (Fsp3) is 0.471. The second-order valence-electron chi connectivity index (χ2n) is 6.54. The molecule has 2 aliphatic rings. The summed E-state index contributed by atoms with van der Waals surface area (Å²) in [4.78, 5) is 39.9. The van der Waals surface area contributed by atoms with Crippen molar-refractivity contribution >= 4 is 17.7 Å². The van der Waals surface area contributed by atoms with Crippen LogP contribution in [0.3, 0.4) is 0 Å². The molecule has 23 heavy (non-hydrogen) atoms. The molecule has 3 rings (SSSR count).